The van der Waals surface area contributed by atoms with Crippen molar-refractivity contribution in [1.29, 1.82) is 0 Å². The van der Waals surface area contributed by atoms with E-state index < -0.39 is 0 Å². The third kappa shape index (κ3) is 35.3. The van der Waals surface area contributed by atoms with E-state index in [1.807, 2.05) is 0 Å². The van der Waals surface area contributed by atoms with Crippen molar-refractivity contribution in [3.8, 4) is 0 Å². The van der Waals surface area contributed by atoms with Crippen LogP contribution in [0.15, 0.2) is 190 Å². The second-order valence-electron chi connectivity index (χ2n) is 31.8. The molecule has 2 saturated heterocycles. The molecule has 0 amide bonds. The topological polar surface area (TPSA) is 40.7 Å². The minimum Gasteiger partial charge on any atom is -0.412 e. The molecule has 2 N–H and O–H groups in total. The molecular weight excluding hydrogens is 1110 g/mol. The van der Waals surface area contributed by atoms with Crippen LogP contribution in [-0.4, -0.2) is 16.7 Å². The highest BCUT2D eigenvalue weighted by Gasteiger charge is 2.48. The van der Waals surface area contributed by atoms with Gasteiger partial charge in [0.05, 0.1) is 11.2 Å². The van der Waals surface area contributed by atoms with Gasteiger partial charge in [0.15, 0.2) is 0 Å². The quantitative estimate of drug-likeness (QED) is 0.251. The van der Waals surface area contributed by atoms with E-state index in [4.69, 9.17) is 4.74 Å². The highest BCUT2D eigenvalue weighted by molar-refractivity contribution is 5.29. The molecule has 1 saturated carbocycles. The largest absolute Gasteiger partial charge is 0.412 e. The van der Waals surface area contributed by atoms with E-state index >= 15 is 0 Å². The number of aryl methyl sites for hydroxylation is 1. The number of fused-ring (bicyclic) bond motifs is 3. The summed E-state index contributed by atoms with van der Waals surface area (Å²) in [6.07, 6.45) is 54.1. The summed E-state index contributed by atoms with van der Waals surface area (Å²) in [6, 6.07) is 8.71. The zero-order valence-corrected chi connectivity index (χ0v) is 64.6. The van der Waals surface area contributed by atoms with Crippen molar-refractivity contribution in [2.24, 2.45) is 59.2 Å². The van der Waals surface area contributed by atoms with E-state index in [1.165, 1.54) is 183 Å². The van der Waals surface area contributed by atoms with Crippen LogP contribution in [0.2, 0.25) is 0 Å². The molecule has 520 valence electrons. The third-order valence-corrected chi connectivity index (χ3v) is 20.5. The molecule has 0 spiro atoms. The Labute approximate surface area is 574 Å². The number of ether oxygens (including phenoxy) is 1. The summed E-state index contributed by atoms with van der Waals surface area (Å²) in [5.74, 6) is 8.45. The Bertz CT molecular complexity index is 2700. The molecule has 2 bridgehead atoms. The van der Waals surface area contributed by atoms with E-state index in [2.05, 4.69) is 289 Å². The molecule has 2 heteroatoms. The van der Waals surface area contributed by atoms with Crippen LogP contribution in [0.5, 0.6) is 0 Å². The fourth-order valence-electron chi connectivity index (χ4n) is 12.7. The highest BCUT2D eigenvalue weighted by Crippen LogP contribution is 2.49. The van der Waals surface area contributed by atoms with E-state index in [9.17, 15) is 0 Å². The molecule has 5 unspecified atom stereocenters. The molecule has 11 rings (SSSR count). The molecule has 2 aliphatic heterocycles. The second-order valence-corrected chi connectivity index (χ2v) is 31.8. The summed E-state index contributed by atoms with van der Waals surface area (Å²) in [6.45, 7) is 65.3. The summed E-state index contributed by atoms with van der Waals surface area (Å²) >= 11 is 0. The Hall–Kier alpha value is -4.50. The van der Waals surface area contributed by atoms with Gasteiger partial charge in [-0.3, -0.25) is 0 Å². The van der Waals surface area contributed by atoms with Gasteiger partial charge in [0.2, 0.25) is 0 Å². The molecule has 10 aliphatic rings. The average molecular weight is 1260 g/mol. The minimum absolute atomic E-state index is 0. The van der Waals surface area contributed by atoms with Crippen molar-refractivity contribution in [1.82, 2.24) is 0 Å². The Balaban J connectivity index is 0.00000102. The SMILES string of the molecule is C=C(C)C1=CCC(C)CC1.C=C(C)C1CC=C(C)CC1.C=C1C=CC(C(C)C)CC1.CC(C)=C1C=CC(C)CC1.CC12CCC(CC1)C(C)(C)O2.CC1=CC=C(C(C)C)CC1.CC1=CCC(C(C)C)=CC1.CC1C=CC(C(C)C)=CC1.Cc1ccc(C(C)C)cc1.O.[HH]. The van der Waals surface area contributed by atoms with E-state index in [0.29, 0.717) is 11.8 Å². The van der Waals surface area contributed by atoms with E-state index in [1.54, 1.807) is 16.7 Å². The van der Waals surface area contributed by atoms with Crippen LogP contribution in [0.3, 0.4) is 0 Å². The van der Waals surface area contributed by atoms with E-state index in [-0.39, 0.29) is 18.1 Å². The van der Waals surface area contributed by atoms with Gasteiger partial charge in [0.1, 0.15) is 0 Å². The fraction of sp³-hybridized carbons (Fsp3) is 0.622. The van der Waals surface area contributed by atoms with Crippen LogP contribution in [0.25, 0.3) is 0 Å². The molecule has 8 aliphatic carbocycles. The van der Waals surface area contributed by atoms with Crippen molar-refractivity contribution in [2.75, 3.05) is 0 Å². The van der Waals surface area contributed by atoms with Crippen molar-refractivity contribution < 1.29 is 11.6 Å². The van der Waals surface area contributed by atoms with Gasteiger partial charge in [-0.05, 0) is 286 Å². The summed E-state index contributed by atoms with van der Waals surface area (Å²) < 4.78 is 6.06. The molecule has 92 heavy (non-hydrogen) atoms. The van der Waals surface area contributed by atoms with Gasteiger partial charge in [-0.15, -0.1) is 0 Å². The normalized spacial score (nSPS) is 24.8. The van der Waals surface area contributed by atoms with Crippen LogP contribution >= 0.6 is 0 Å². The number of hydrogen-bond acceptors (Lipinski definition) is 1. The van der Waals surface area contributed by atoms with Crippen LogP contribution in [-0.2, 0) is 4.74 Å². The van der Waals surface area contributed by atoms with Gasteiger partial charge in [0.25, 0.3) is 0 Å². The monoisotopic (exact) mass is 1260 g/mol. The van der Waals surface area contributed by atoms with Gasteiger partial charge >= 0.3 is 0 Å². The standard InChI is InChI=1S/C10H18O.7C10H16.C10H14.H2O.H2/c1-9(2)8-4-6-10(3,11-9)7-5-8;8*1-8(2)10-6-4-9(3)5-7-10;;/h8H,4-7H2,1-3H3;4,7-8H,5-6H2,1-3H3;4,6,9H,5,7H2,1-3H3;4,6,8H,5,7H2,1-3H3;4,6-9H,5H2,1-3H3;4,6,8,10H,3,5,7H2,1-2H3;6,9H,1,4-5,7H2,2-3H3;4,10H,1,5-7H2,2-3H3;4-8H,1-3H3;1H2;1H. The lowest BCUT2D eigenvalue weighted by molar-refractivity contribution is -0.229. The van der Waals surface area contributed by atoms with Gasteiger partial charge < -0.3 is 10.2 Å². The first kappa shape index (κ1) is 85.5. The Morgan fingerprint density at radius 1 is 0.543 bits per heavy atom. The molecule has 0 radical (unpaired) electrons. The number of allylic oxidation sites excluding steroid dienone is 25. The Morgan fingerprint density at radius 2 is 1.17 bits per heavy atom. The zero-order valence-electron chi connectivity index (χ0n) is 64.6. The third-order valence-electron chi connectivity index (χ3n) is 20.5. The second kappa shape index (κ2) is 44.3. The maximum Gasteiger partial charge on any atom is 0.0662 e. The first-order chi connectivity index (χ1) is 42.6. The predicted molar refractivity (Wildman–Crippen MR) is 418 cm³/mol. The van der Waals surface area contributed by atoms with Crippen LogP contribution in [0.4, 0.5) is 0 Å². The minimum atomic E-state index is 0. The predicted octanol–water partition coefficient (Wildman–Crippen LogP) is 28.2. The van der Waals surface area contributed by atoms with Crippen LogP contribution in [0, 0.1) is 66.1 Å². The molecule has 2 nitrogen and oxygen atoms in total. The molecule has 5 atom stereocenters. The molecule has 0 aromatic heterocycles. The van der Waals surface area contributed by atoms with Gasteiger partial charge in [-0.2, -0.15) is 0 Å². The number of rotatable bonds is 7. The number of benzene rings is 1. The van der Waals surface area contributed by atoms with Crippen molar-refractivity contribution in [3.05, 3.63) is 201 Å². The van der Waals surface area contributed by atoms with Crippen molar-refractivity contribution in [3.63, 3.8) is 0 Å². The smallest absolute Gasteiger partial charge is 0.0662 e. The lowest BCUT2D eigenvalue weighted by Crippen LogP contribution is -2.53. The van der Waals surface area contributed by atoms with Gasteiger partial charge in [-0.1, -0.05) is 269 Å². The molecule has 3 fully saturated rings. The van der Waals surface area contributed by atoms with Crippen LogP contribution in [0.1, 0.15) is 300 Å². The molecule has 1 aromatic rings. The van der Waals surface area contributed by atoms with Crippen molar-refractivity contribution >= 4 is 0 Å². The summed E-state index contributed by atoms with van der Waals surface area (Å²) in [4.78, 5) is 0. The number of hydrogen-bond donors (Lipinski definition) is 0. The molecular formula is C90H148O2. The summed E-state index contributed by atoms with van der Waals surface area (Å²) in [7, 11) is 0. The summed E-state index contributed by atoms with van der Waals surface area (Å²) in [5.41, 5.74) is 20.8. The first-order valence-corrected chi connectivity index (χ1v) is 36.8. The average Bonchev–Trinajstić information content (AvgIpc) is 0.801. The van der Waals surface area contributed by atoms with E-state index in [0.717, 1.165) is 53.3 Å². The van der Waals surface area contributed by atoms with Crippen molar-refractivity contribution in [2.45, 2.75) is 305 Å². The lowest BCUT2D eigenvalue weighted by Gasteiger charge is -2.54. The Morgan fingerprint density at radius 3 is 1.55 bits per heavy atom. The highest BCUT2D eigenvalue weighted by atomic mass is 16.5. The Kier molecular flexibility index (Phi) is 41.2. The molecule has 2 heterocycles. The lowest BCUT2D eigenvalue weighted by atomic mass is 9.69. The van der Waals surface area contributed by atoms with Gasteiger partial charge in [-0.25, -0.2) is 0 Å². The zero-order chi connectivity index (χ0) is 68.6. The first-order valence-electron chi connectivity index (χ1n) is 36.8. The fourth-order valence-corrected chi connectivity index (χ4v) is 12.7. The summed E-state index contributed by atoms with van der Waals surface area (Å²) in [5, 5.41) is 0. The van der Waals surface area contributed by atoms with Gasteiger partial charge in [0, 0.05) is 1.43 Å². The molecule has 1 aromatic carbocycles. The maximum atomic E-state index is 6.06. The van der Waals surface area contributed by atoms with Crippen LogP contribution < -0.4 is 0 Å². The maximum absolute atomic E-state index is 6.06.